The Morgan fingerprint density at radius 2 is 2.15 bits per heavy atom. The molecule has 0 aliphatic heterocycles. The van der Waals surface area contributed by atoms with Crippen LogP contribution in [-0.4, -0.2) is 23.2 Å². The van der Waals surface area contributed by atoms with E-state index in [0.717, 1.165) is 12.8 Å². The van der Waals surface area contributed by atoms with Crippen LogP contribution in [0.3, 0.4) is 0 Å². The number of nitrogens with one attached hydrogen (secondary N) is 1. The van der Waals surface area contributed by atoms with Gasteiger partial charge in [0.15, 0.2) is 0 Å². The first-order valence-electron chi connectivity index (χ1n) is 9.25. The number of hydrazone groups is 1. The first-order chi connectivity index (χ1) is 13.0. The summed E-state index contributed by atoms with van der Waals surface area (Å²) in [5.41, 5.74) is 3.67. The topological polar surface area (TPSA) is 91.9 Å². The lowest BCUT2D eigenvalue weighted by Gasteiger charge is -2.15. The van der Waals surface area contributed by atoms with Gasteiger partial charge in [-0.25, -0.2) is 10.2 Å². The number of fused-ring (bicyclic) bond motifs is 1. The summed E-state index contributed by atoms with van der Waals surface area (Å²) in [6.07, 6.45) is 6.15. The van der Waals surface area contributed by atoms with Gasteiger partial charge >= 0.3 is 5.97 Å². The predicted octanol–water partition coefficient (Wildman–Crippen LogP) is 3.92. The number of carbonyl (C=O) groups excluding carboxylic acids is 1. The Morgan fingerprint density at radius 3 is 2.89 bits per heavy atom. The van der Waals surface area contributed by atoms with Gasteiger partial charge in [0.1, 0.15) is 11.5 Å². The van der Waals surface area contributed by atoms with E-state index in [1.807, 2.05) is 0 Å². The van der Waals surface area contributed by atoms with Gasteiger partial charge < -0.3 is 9.52 Å². The van der Waals surface area contributed by atoms with Gasteiger partial charge in [-0.05, 0) is 48.4 Å². The van der Waals surface area contributed by atoms with Gasteiger partial charge in [-0.2, -0.15) is 5.10 Å². The average Bonchev–Trinajstić information content (AvgIpc) is 3.03. The highest BCUT2D eigenvalue weighted by atomic mass is 16.4. The molecule has 1 aromatic carbocycles. The molecule has 2 saturated carbocycles. The van der Waals surface area contributed by atoms with Crippen LogP contribution in [0.1, 0.15) is 48.7 Å². The minimum absolute atomic E-state index is 0.0124. The maximum atomic E-state index is 12.4. The highest BCUT2D eigenvalue weighted by Crippen LogP contribution is 2.66. The molecule has 6 nitrogen and oxygen atoms in total. The highest BCUT2D eigenvalue weighted by Gasteiger charge is 2.64. The van der Waals surface area contributed by atoms with E-state index in [4.69, 9.17) is 9.52 Å². The lowest BCUT2D eigenvalue weighted by molar-refractivity contribution is -0.123. The molecule has 2 aliphatic rings. The van der Waals surface area contributed by atoms with Crippen LogP contribution in [0.5, 0.6) is 0 Å². The van der Waals surface area contributed by atoms with E-state index in [-0.39, 0.29) is 22.8 Å². The van der Waals surface area contributed by atoms with Gasteiger partial charge in [0.05, 0.1) is 11.8 Å². The van der Waals surface area contributed by atoms with Gasteiger partial charge in [-0.3, -0.25) is 4.79 Å². The van der Waals surface area contributed by atoms with Gasteiger partial charge in [0, 0.05) is 11.5 Å². The molecule has 27 heavy (non-hydrogen) atoms. The minimum Gasteiger partial charge on any atom is -0.478 e. The molecule has 2 aliphatic carbocycles. The third kappa shape index (κ3) is 3.27. The van der Waals surface area contributed by atoms with Crippen molar-refractivity contribution >= 4 is 18.1 Å². The summed E-state index contributed by atoms with van der Waals surface area (Å²) in [6, 6.07) is 10.0. The number of rotatable bonds is 5. The number of nitrogens with zero attached hydrogens (tertiary/aromatic N) is 1. The van der Waals surface area contributed by atoms with Crippen LogP contribution in [0, 0.1) is 17.3 Å². The Hall–Kier alpha value is -2.89. The predicted molar refractivity (Wildman–Crippen MR) is 100 cm³/mol. The lowest BCUT2D eigenvalue weighted by Crippen LogP contribution is -2.22. The Kier molecular flexibility index (Phi) is 4.34. The van der Waals surface area contributed by atoms with Crippen molar-refractivity contribution < 1.29 is 19.1 Å². The lowest BCUT2D eigenvalue weighted by atomic mass is 9.90. The molecule has 0 bridgehead atoms. The Labute approximate surface area is 157 Å². The van der Waals surface area contributed by atoms with Crippen molar-refractivity contribution in [2.24, 2.45) is 22.4 Å². The molecule has 1 aromatic heterocycles. The molecule has 2 fully saturated rings. The molecule has 0 saturated heterocycles. The zero-order valence-electron chi connectivity index (χ0n) is 15.1. The summed E-state index contributed by atoms with van der Waals surface area (Å²) in [7, 11) is 0. The number of benzene rings is 1. The van der Waals surface area contributed by atoms with Crippen LogP contribution in [-0.2, 0) is 4.79 Å². The first kappa shape index (κ1) is 17.5. The Morgan fingerprint density at radius 1 is 1.30 bits per heavy atom. The normalized spacial score (nSPS) is 26.6. The third-order valence-electron chi connectivity index (χ3n) is 6.00. The van der Waals surface area contributed by atoms with Gasteiger partial charge in [-0.1, -0.05) is 31.9 Å². The molecular formula is C21H22N2O4. The molecule has 2 aromatic rings. The van der Waals surface area contributed by atoms with Crippen LogP contribution in [0.15, 0.2) is 45.9 Å². The van der Waals surface area contributed by atoms with Crippen LogP contribution < -0.4 is 5.43 Å². The van der Waals surface area contributed by atoms with Crippen LogP contribution in [0.2, 0.25) is 0 Å². The standard InChI is InChI=1S/C21H22N2O4/c1-21-10-3-2-7-16(21)18(21)19(24)23-22-12-15-8-9-17(27-15)13-5-4-6-14(11-13)20(25)26/h4-6,8-9,11-12,16,18H,2-3,7,10H2,1H3,(H,23,24)(H,25,26)/b22-12+/t16-,18-,21+/m1/s1. The third-order valence-corrected chi connectivity index (χ3v) is 6.00. The largest absolute Gasteiger partial charge is 0.478 e. The monoisotopic (exact) mass is 366 g/mol. The number of aromatic carboxylic acids is 1. The molecule has 140 valence electrons. The van der Waals surface area contributed by atoms with Crippen LogP contribution in [0.4, 0.5) is 0 Å². The molecule has 6 heteroatoms. The second-order valence-corrected chi connectivity index (χ2v) is 7.66. The second kappa shape index (κ2) is 6.68. The first-order valence-corrected chi connectivity index (χ1v) is 9.25. The smallest absolute Gasteiger partial charge is 0.335 e. The summed E-state index contributed by atoms with van der Waals surface area (Å²) in [6.45, 7) is 2.20. The fourth-order valence-corrected chi connectivity index (χ4v) is 4.46. The molecule has 3 atom stereocenters. The van der Waals surface area contributed by atoms with Crippen molar-refractivity contribution in [1.82, 2.24) is 5.43 Å². The molecule has 0 radical (unpaired) electrons. The second-order valence-electron chi connectivity index (χ2n) is 7.66. The summed E-state index contributed by atoms with van der Waals surface area (Å²) in [5.74, 6) is 0.613. The number of hydrogen-bond acceptors (Lipinski definition) is 4. The summed E-state index contributed by atoms with van der Waals surface area (Å²) in [5, 5.41) is 13.1. The summed E-state index contributed by atoms with van der Waals surface area (Å²) in [4.78, 5) is 23.5. The van der Waals surface area contributed by atoms with Gasteiger partial charge in [-0.15, -0.1) is 0 Å². The number of furan rings is 1. The molecule has 0 unspecified atom stereocenters. The molecule has 1 amide bonds. The van der Waals surface area contributed by atoms with Gasteiger partial charge in [0.25, 0.3) is 0 Å². The average molecular weight is 366 g/mol. The highest BCUT2D eigenvalue weighted by molar-refractivity contribution is 5.89. The Bertz CT molecular complexity index is 916. The SMILES string of the molecule is C[C@]12CCCC[C@@H]1[C@@H]2C(=O)N/N=C/c1ccc(-c2cccc(C(=O)O)c2)o1. The fourth-order valence-electron chi connectivity index (χ4n) is 4.46. The van der Waals surface area contributed by atoms with E-state index in [2.05, 4.69) is 17.5 Å². The maximum Gasteiger partial charge on any atom is 0.335 e. The Balaban J connectivity index is 1.39. The molecular weight excluding hydrogens is 344 g/mol. The van der Waals surface area contributed by atoms with Crippen molar-refractivity contribution in [2.75, 3.05) is 0 Å². The van der Waals surface area contributed by atoms with E-state index in [9.17, 15) is 9.59 Å². The number of carboxylic acids is 1. The van der Waals surface area contributed by atoms with E-state index >= 15 is 0 Å². The number of amides is 1. The van der Waals surface area contributed by atoms with Gasteiger partial charge in [0.2, 0.25) is 5.91 Å². The molecule has 4 rings (SSSR count). The number of carbonyl (C=O) groups is 2. The zero-order valence-corrected chi connectivity index (χ0v) is 15.1. The van der Waals surface area contributed by atoms with E-state index < -0.39 is 5.97 Å². The van der Waals surface area contributed by atoms with Crippen LogP contribution in [0.25, 0.3) is 11.3 Å². The minimum atomic E-state index is -0.984. The van der Waals surface area contributed by atoms with E-state index in [1.165, 1.54) is 25.1 Å². The fraction of sp³-hybridized carbons (Fsp3) is 0.381. The quantitative estimate of drug-likeness (QED) is 0.620. The van der Waals surface area contributed by atoms with Crippen molar-refractivity contribution in [2.45, 2.75) is 32.6 Å². The summed E-state index contributed by atoms with van der Waals surface area (Å²) >= 11 is 0. The van der Waals surface area contributed by atoms with Crippen molar-refractivity contribution in [3.63, 3.8) is 0 Å². The van der Waals surface area contributed by atoms with Crippen molar-refractivity contribution in [3.8, 4) is 11.3 Å². The summed E-state index contributed by atoms with van der Waals surface area (Å²) < 4.78 is 5.68. The molecule has 0 spiro atoms. The number of carboxylic acid groups (broad SMARTS) is 1. The zero-order chi connectivity index (χ0) is 19.0. The van der Waals surface area contributed by atoms with Crippen molar-refractivity contribution in [1.29, 1.82) is 0 Å². The maximum absolute atomic E-state index is 12.4. The van der Waals surface area contributed by atoms with E-state index in [1.54, 1.807) is 30.3 Å². The van der Waals surface area contributed by atoms with Crippen LogP contribution >= 0.6 is 0 Å². The number of hydrogen-bond donors (Lipinski definition) is 2. The molecule has 2 N–H and O–H groups in total. The van der Waals surface area contributed by atoms with E-state index in [0.29, 0.717) is 23.0 Å². The van der Waals surface area contributed by atoms with Crippen molar-refractivity contribution in [3.05, 3.63) is 47.7 Å². The molecule has 1 heterocycles.